The minimum absolute atomic E-state index is 0.0149. The van der Waals surface area contributed by atoms with Crippen LogP contribution < -0.4 is 20.3 Å². The number of aromatic nitrogens is 2. The lowest BCUT2D eigenvalue weighted by Gasteiger charge is -2.14. The molecule has 0 bridgehead atoms. The van der Waals surface area contributed by atoms with Crippen LogP contribution in [0.4, 0.5) is 0 Å². The Balaban J connectivity index is 1.67. The molecule has 0 unspecified atom stereocenters. The van der Waals surface area contributed by atoms with Gasteiger partial charge in [-0.05, 0) is 55.4 Å². The van der Waals surface area contributed by atoms with Crippen molar-refractivity contribution in [3.05, 3.63) is 57.2 Å². The second-order valence-corrected chi connectivity index (χ2v) is 10.1. The van der Waals surface area contributed by atoms with E-state index in [9.17, 15) is 9.59 Å². The maximum atomic E-state index is 13.7. The van der Waals surface area contributed by atoms with Gasteiger partial charge in [-0.3, -0.25) is 14.2 Å². The quantitative estimate of drug-likeness (QED) is 0.258. The number of ether oxygens (including phenoxy) is 2. The van der Waals surface area contributed by atoms with Gasteiger partial charge in [-0.15, -0.1) is 17.9 Å². The van der Waals surface area contributed by atoms with Crippen molar-refractivity contribution in [2.45, 2.75) is 43.8 Å². The topological polar surface area (TPSA) is 82.5 Å². The zero-order chi connectivity index (χ0) is 24.1. The van der Waals surface area contributed by atoms with Crippen molar-refractivity contribution in [2.24, 2.45) is 0 Å². The number of amides is 1. The number of aryl methyl sites for hydroxylation is 3. The van der Waals surface area contributed by atoms with Gasteiger partial charge in [0.15, 0.2) is 16.7 Å². The minimum Gasteiger partial charge on any atom is -0.493 e. The lowest BCUT2D eigenvalue weighted by molar-refractivity contribution is -0.118. The molecule has 0 saturated carbocycles. The van der Waals surface area contributed by atoms with Gasteiger partial charge < -0.3 is 14.8 Å². The molecule has 0 saturated heterocycles. The summed E-state index contributed by atoms with van der Waals surface area (Å²) in [6, 6.07) is 5.77. The van der Waals surface area contributed by atoms with Crippen molar-refractivity contribution in [1.82, 2.24) is 14.9 Å². The van der Waals surface area contributed by atoms with Crippen molar-refractivity contribution in [1.29, 1.82) is 0 Å². The molecule has 1 aliphatic carbocycles. The summed E-state index contributed by atoms with van der Waals surface area (Å²) in [5.74, 6) is 1.39. The maximum Gasteiger partial charge on any atom is 0.263 e. The van der Waals surface area contributed by atoms with Gasteiger partial charge in [0.2, 0.25) is 5.91 Å². The Bertz CT molecular complexity index is 1270. The average Bonchev–Trinajstić information content (AvgIpc) is 3.24. The van der Waals surface area contributed by atoms with Gasteiger partial charge >= 0.3 is 0 Å². The van der Waals surface area contributed by atoms with E-state index < -0.39 is 0 Å². The molecule has 0 fully saturated rings. The van der Waals surface area contributed by atoms with Crippen LogP contribution in [0.1, 0.15) is 28.8 Å². The molecule has 0 atom stereocenters. The van der Waals surface area contributed by atoms with Gasteiger partial charge in [-0.2, -0.15) is 0 Å². The molecule has 1 aliphatic rings. The highest BCUT2D eigenvalue weighted by Crippen LogP contribution is 2.35. The Morgan fingerprint density at radius 3 is 2.82 bits per heavy atom. The van der Waals surface area contributed by atoms with E-state index >= 15 is 0 Å². The van der Waals surface area contributed by atoms with Crippen molar-refractivity contribution in [2.75, 3.05) is 26.5 Å². The van der Waals surface area contributed by atoms with Crippen molar-refractivity contribution < 1.29 is 14.3 Å². The van der Waals surface area contributed by atoms with Crippen LogP contribution in [-0.4, -0.2) is 42.0 Å². The number of fused-ring (bicyclic) bond motifs is 3. The van der Waals surface area contributed by atoms with E-state index in [1.807, 2.05) is 18.2 Å². The van der Waals surface area contributed by atoms with E-state index in [-0.39, 0.29) is 17.2 Å². The number of hydrogen-bond acceptors (Lipinski definition) is 7. The number of carbonyl (C=O) groups is 1. The normalized spacial score (nSPS) is 12.9. The van der Waals surface area contributed by atoms with E-state index in [0.29, 0.717) is 36.2 Å². The van der Waals surface area contributed by atoms with Crippen molar-refractivity contribution in [3.63, 3.8) is 0 Å². The maximum absolute atomic E-state index is 13.7. The molecule has 0 aliphatic heterocycles. The lowest BCUT2D eigenvalue weighted by Crippen LogP contribution is -2.27. The molecule has 2 aromatic heterocycles. The third-order valence-electron chi connectivity index (χ3n) is 5.89. The summed E-state index contributed by atoms with van der Waals surface area (Å²) in [6.45, 7) is 4.49. The SMILES string of the molecule is C=CCNC(=O)CSc1nc2sc3c(c2c(=O)n1CCc1ccc(OC)c(OC)c1)CCCC3. The first-order valence-corrected chi connectivity index (χ1v) is 13.1. The Kier molecular flexibility index (Phi) is 7.95. The first-order chi connectivity index (χ1) is 16.5. The molecule has 3 aromatic rings. The minimum atomic E-state index is -0.115. The van der Waals surface area contributed by atoms with Gasteiger partial charge in [0.25, 0.3) is 5.56 Å². The van der Waals surface area contributed by atoms with Crippen LogP contribution in [0.3, 0.4) is 0 Å². The van der Waals surface area contributed by atoms with E-state index in [2.05, 4.69) is 11.9 Å². The molecule has 4 rings (SSSR count). The van der Waals surface area contributed by atoms with Crippen molar-refractivity contribution in [3.8, 4) is 11.5 Å². The number of carbonyl (C=O) groups excluding carboxylic acids is 1. The Morgan fingerprint density at radius 1 is 1.26 bits per heavy atom. The van der Waals surface area contributed by atoms with Crippen LogP contribution in [-0.2, 0) is 30.6 Å². The smallest absolute Gasteiger partial charge is 0.263 e. The third-order valence-corrected chi connectivity index (χ3v) is 8.05. The van der Waals surface area contributed by atoms with Crippen LogP contribution in [0.25, 0.3) is 10.2 Å². The fourth-order valence-corrected chi connectivity index (χ4v) is 6.33. The number of rotatable bonds is 10. The van der Waals surface area contributed by atoms with Crippen LogP contribution >= 0.6 is 23.1 Å². The fraction of sp³-hybridized carbons (Fsp3) is 0.400. The monoisotopic (exact) mass is 499 g/mol. The Hall–Kier alpha value is -2.78. The third kappa shape index (κ3) is 5.15. The van der Waals surface area contributed by atoms with Crippen LogP contribution in [0.2, 0.25) is 0 Å². The molecule has 1 N–H and O–H groups in total. The summed E-state index contributed by atoms with van der Waals surface area (Å²) in [4.78, 5) is 32.8. The fourth-order valence-electron chi connectivity index (χ4n) is 4.17. The number of nitrogens with one attached hydrogen (secondary N) is 1. The van der Waals surface area contributed by atoms with Crippen LogP contribution in [0, 0.1) is 0 Å². The summed E-state index contributed by atoms with van der Waals surface area (Å²) < 4.78 is 12.5. The molecular formula is C25H29N3O4S2. The molecule has 7 nitrogen and oxygen atoms in total. The number of thioether (sulfide) groups is 1. The highest BCUT2D eigenvalue weighted by Gasteiger charge is 2.22. The number of benzene rings is 1. The second kappa shape index (κ2) is 11.1. The lowest BCUT2D eigenvalue weighted by atomic mass is 9.97. The van der Waals surface area contributed by atoms with E-state index in [0.717, 1.165) is 41.5 Å². The molecule has 1 aromatic carbocycles. The number of methoxy groups -OCH3 is 2. The highest BCUT2D eigenvalue weighted by atomic mass is 32.2. The molecule has 34 heavy (non-hydrogen) atoms. The summed E-state index contributed by atoms with van der Waals surface area (Å²) >= 11 is 2.92. The van der Waals surface area contributed by atoms with Gasteiger partial charge in [-0.1, -0.05) is 23.9 Å². The van der Waals surface area contributed by atoms with Crippen LogP contribution in [0.15, 0.2) is 40.8 Å². The molecular weight excluding hydrogens is 470 g/mol. The molecule has 0 spiro atoms. The molecule has 1 amide bonds. The predicted octanol–water partition coefficient (Wildman–Crippen LogP) is 3.99. The molecule has 0 radical (unpaired) electrons. The second-order valence-electron chi connectivity index (χ2n) is 8.06. The number of hydrogen-bond donors (Lipinski definition) is 1. The zero-order valence-corrected chi connectivity index (χ0v) is 21.2. The highest BCUT2D eigenvalue weighted by molar-refractivity contribution is 7.99. The number of nitrogens with zero attached hydrogens (tertiary/aromatic N) is 2. The average molecular weight is 500 g/mol. The van der Waals surface area contributed by atoms with E-state index in [1.54, 1.807) is 36.2 Å². The summed E-state index contributed by atoms with van der Waals surface area (Å²) in [5.41, 5.74) is 2.18. The largest absolute Gasteiger partial charge is 0.493 e. The zero-order valence-electron chi connectivity index (χ0n) is 19.5. The van der Waals surface area contributed by atoms with Crippen LogP contribution in [0.5, 0.6) is 11.5 Å². The predicted molar refractivity (Wildman–Crippen MR) is 138 cm³/mol. The summed E-state index contributed by atoms with van der Waals surface area (Å²) in [7, 11) is 3.21. The summed E-state index contributed by atoms with van der Waals surface area (Å²) in [5, 5.41) is 4.11. The van der Waals surface area contributed by atoms with Gasteiger partial charge in [0, 0.05) is 18.0 Å². The molecule has 9 heteroatoms. The first-order valence-electron chi connectivity index (χ1n) is 11.3. The van der Waals surface area contributed by atoms with Crippen molar-refractivity contribution >= 4 is 39.2 Å². The molecule has 180 valence electrons. The van der Waals surface area contributed by atoms with Gasteiger partial charge in [0.1, 0.15) is 4.83 Å². The Morgan fingerprint density at radius 2 is 2.06 bits per heavy atom. The number of thiophene rings is 1. The molecule has 2 heterocycles. The van der Waals surface area contributed by atoms with E-state index in [4.69, 9.17) is 14.5 Å². The van der Waals surface area contributed by atoms with Gasteiger partial charge in [0.05, 0.1) is 25.4 Å². The van der Waals surface area contributed by atoms with E-state index in [1.165, 1.54) is 22.2 Å². The summed E-state index contributed by atoms with van der Waals surface area (Å²) in [6.07, 6.45) is 6.45. The first kappa shape index (κ1) is 24.3. The van der Waals surface area contributed by atoms with Gasteiger partial charge in [-0.25, -0.2) is 4.98 Å². The standard InChI is InChI=1S/C25H29N3O4S2/c1-4-12-26-21(29)15-33-25-27-23-22(17-7-5-6-8-20(17)34-23)24(30)28(25)13-11-16-9-10-18(31-2)19(14-16)32-3/h4,9-10,14H,1,5-8,11-13,15H2,2-3H3,(H,26,29). The Labute approximate surface area is 207 Å².